The number of rotatable bonds is 5. The Hall–Kier alpha value is -0.0400. The van der Waals surface area contributed by atoms with Gasteiger partial charge in [0.1, 0.15) is 0 Å². The molecule has 0 saturated heterocycles. The highest BCUT2D eigenvalue weighted by atomic mass is 14.9. The first-order valence-corrected chi connectivity index (χ1v) is 7.30. The third kappa shape index (κ3) is 3.76. The normalized spacial score (nSPS) is 33.9. The van der Waals surface area contributed by atoms with E-state index in [0.717, 1.165) is 17.9 Å². The molecule has 1 N–H and O–H groups in total. The van der Waals surface area contributed by atoms with Crippen LogP contribution < -0.4 is 5.32 Å². The van der Waals surface area contributed by atoms with Crippen molar-refractivity contribution in [2.24, 2.45) is 17.3 Å². The SMILES string of the molecule is CC1CC(C)(C)CCC1NCCCC1CC1. The largest absolute Gasteiger partial charge is 0.314 e. The molecule has 0 aromatic heterocycles. The zero-order valence-electron chi connectivity index (χ0n) is 11.4. The molecule has 0 spiro atoms. The monoisotopic (exact) mass is 223 g/mol. The topological polar surface area (TPSA) is 12.0 Å². The molecule has 16 heavy (non-hydrogen) atoms. The van der Waals surface area contributed by atoms with Gasteiger partial charge in [0, 0.05) is 6.04 Å². The Kier molecular flexibility index (Phi) is 3.94. The zero-order chi connectivity index (χ0) is 11.6. The van der Waals surface area contributed by atoms with Crippen molar-refractivity contribution in [1.82, 2.24) is 5.32 Å². The Labute approximate surface area is 101 Å². The first-order valence-electron chi connectivity index (χ1n) is 7.30. The standard InChI is InChI=1S/C15H29N/c1-12-11-15(2,3)9-8-14(12)16-10-4-5-13-6-7-13/h12-14,16H,4-11H2,1-3H3. The molecule has 0 aromatic rings. The van der Waals surface area contributed by atoms with Crippen LogP contribution >= 0.6 is 0 Å². The minimum atomic E-state index is 0.589. The lowest BCUT2D eigenvalue weighted by molar-refractivity contribution is 0.149. The summed E-state index contributed by atoms with van der Waals surface area (Å²) < 4.78 is 0. The van der Waals surface area contributed by atoms with Crippen LogP contribution in [-0.2, 0) is 0 Å². The van der Waals surface area contributed by atoms with Crippen LogP contribution in [0.2, 0.25) is 0 Å². The van der Waals surface area contributed by atoms with E-state index >= 15 is 0 Å². The van der Waals surface area contributed by atoms with Crippen LogP contribution in [0.1, 0.15) is 65.7 Å². The fourth-order valence-electron chi connectivity index (χ4n) is 3.33. The summed E-state index contributed by atoms with van der Waals surface area (Å²) in [5.41, 5.74) is 0.589. The van der Waals surface area contributed by atoms with Crippen molar-refractivity contribution in [3.05, 3.63) is 0 Å². The van der Waals surface area contributed by atoms with Crippen LogP contribution in [-0.4, -0.2) is 12.6 Å². The summed E-state index contributed by atoms with van der Waals surface area (Å²) in [5, 5.41) is 3.79. The van der Waals surface area contributed by atoms with Crippen LogP contribution in [0.25, 0.3) is 0 Å². The molecule has 1 heteroatoms. The van der Waals surface area contributed by atoms with Gasteiger partial charge in [-0.2, -0.15) is 0 Å². The Morgan fingerprint density at radius 3 is 2.56 bits per heavy atom. The van der Waals surface area contributed by atoms with Gasteiger partial charge in [0.15, 0.2) is 0 Å². The van der Waals surface area contributed by atoms with Gasteiger partial charge in [0.2, 0.25) is 0 Å². The summed E-state index contributed by atoms with van der Waals surface area (Å²) >= 11 is 0. The molecule has 0 amide bonds. The van der Waals surface area contributed by atoms with Crippen LogP contribution in [0.5, 0.6) is 0 Å². The van der Waals surface area contributed by atoms with Gasteiger partial charge in [-0.05, 0) is 55.9 Å². The van der Waals surface area contributed by atoms with Crippen LogP contribution in [0, 0.1) is 17.3 Å². The zero-order valence-corrected chi connectivity index (χ0v) is 11.4. The smallest absolute Gasteiger partial charge is 0.00930 e. The van der Waals surface area contributed by atoms with Gasteiger partial charge in [-0.1, -0.05) is 33.6 Å². The number of hydrogen-bond donors (Lipinski definition) is 1. The molecular formula is C15H29N. The fraction of sp³-hybridized carbons (Fsp3) is 1.00. The Bertz CT molecular complexity index is 217. The average molecular weight is 223 g/mol. The lowest BCUT2D eigenvalue weighted by atomic mass is 9.70. The third-order valence-corrected chi connectivity index (χ3v) is 4.59. The molecule has 0 aromatic carbocycles. The quantitative estimate of drug-likeness (QED) is 0.695. The molecule has 2 aliphatic rings. The molecule has 0 bridgehead atoms. The first kappa shape index (κ1) is 12.4. The summed E-state index contributed by atoms with van der Waals surface area (Å²) in [6.45, 7) is 8.53. The summed E-state index contributed by atoms with van der Waals surface area (Å²) in [5.74, 6) is 1.97. The van der Waals surface area contributed by atoms with Crippen molar-refractivity contribution in [2.75, 3.05) is 6.54 Å². The van der Waals surface area contributed by atoms with Gasteiger partial charge in [-0.15, -0.1) is 0 Å². The van der Waals surface area contributed by atoms with E-state index in [1.54, 1.807) is 0 Å². The molecule has 0 radical (unpaired) electrons. The van der Waals surface area contributed by atoms with Gasteiger partial charge in [-0.3, -0.25) is 0 Å². The van der Waals surface area contributed by atoms with Crippen molar-refractivity contribution in [3.8, 4) is 0 Å². The van der Waals surface area contributed by atoms with Gasteiger partial charge in [0.25, 0.3) is 0 Å². The van der Waals surface area contributed by atoms with Crippen LogP contribution in [0.4, 0.5) is 0 Å². The molecule has 2 fully saturated rings. The molecule has 1 nitrogen and oxygen atoms in total. The minimum absolute atomic E-state index is 0.589. The lowest BCUT2D eigenvalue weighted by Crippen LogP contribution is -2.42. The third-order valence-electron chi connectivity index (χ3n) is 4.59. The summed E-state index contributed by atoms with van der Waals surface area (Å²) in [6.07, 6.45) is 10.1. The van der Waals surface area contributed by atoms with Crippen LogP contribution in [0.15, 0.2) is 0 Å². The van der Waals surface area contributed by atoms with E-state index in [9.17, 15) is 0 Å². The van der Waals surface area contributed by atoms with Crippen molar-refractivity contribution in [2.45, 2.75) is 71.8 Å². The van der Waals surface area contributed by atoms with Gasteiger partial charge in [-0.25, -0.2) is 0 Å². The van der Waals surface area contributed by atoms with E-state index in [2.05, 4.69) is 26.1 Å². The summed E-state index contributed by atoms with van der Waals surface area (Å²) in [7, 11) is 0. The van der Waals surface area contributed by atoms with E-state index in [-0.39, 0.29) is 0 Å². The predicted octanol–water partition coefficient (Wildman–Crippen LogP) is 3.98. The number of nitrogens with one attached hydrogen (secondary N) is 1. The Morgan fingerprint density at radius 2 is 1.94 bits per heavy atom. The molecule has 2 saturated carbocycles. The first-order chi connectivity index (χ1) is 7.57. The second-order valence-electron chi connectivity index (χ2n) is 7.03. The molecule has 2 rings (SSSR count). The van der Waals surface area contributed by atoms with Crippen molar-refractivity contribution in [1.29, 1.82) is 0 Å². The molecule has 0 aliphatic heterocycles. The maximum absolute atomic E-state index is 3.79. The van der Waals surface area contributed by atoms with Gasteiger partial charge in [0.05, 0.1) is 0 Å². The van der Waals surface area contributed by atoms with E-state index in [4.69, 9.17) is 0 Å². The molecular weight excluding hydrogens is 194 g/mol. The maximum atomic E-state index is 3.79. The fourth-order valence-corrected chi connectivity index (χ4v) is 3.33. The summed E-state index contributed by atoms with van der Waals surface area (Å²) in [4.78, 5) is 0. The molecule has 2 unspecified atom stereocenters. The van der Waals surface area contributed by atoms with E-state index in [1.807, 2.05) is 0 Å². The Balaban J connectivity index is 1.61. The highest BCUT2D eigenvalue weighted by Gasteiger charge is 2.31. The van der Waals surface area contributed by atoms with Crippen molar-refractivity contribution < 1.29 is 0 Å². The van der Waals surface area contributed by atoms with E-state index in [0.29, 0.717) is 5.41 Å². The summed E-state index contributed by atoms with van der Waals surface area (Å²) in [6, 6.07) is 0.798. The van der Waals surface area contributed by atoms with Crippen LogP contribution in [0.3, 0.4) is 0 Å². The maximum Gasteiger partial charge on any atom is 0.00930 e. The Morgan fingerprint density at radius 1 is 1.19 bits per heavy atom. The lowest BCUT2D eigenvalue weighted by Gasteiger charge is -2.39. The second kappa shape index (κ2) is 5.08. The minimum Gasteiger partial charge on any atom is -0.314 e. The molecule has 94 valence electrons. The second-order valence-corrected chi connectivity index (χ2v) is 7.03. The van der Waals surface area contributed by atoms with Crippen molar-refractivity contribution >= 4 is 0 Å². The predicted molar refractivity (Wildman–Crippen MR) is 70.5 cm³/mol. The molecule has 2 aliphatic carbocycles. The van der Waals surface area contributed by atoms with Gasteiger partial charge < -0.3 is 5.32 Å². The molecule has 0 heterocycles. The van der Waals surface area contributed by atoms with E-state index in [1.165, 1.54) is 51.5 Å². The van der Waals surface area contributed by atoms with E-state index < -0.39 is 0 Å². The van der Waals surface area contributed by atoms with Crippen molar-refractivity contribution in [3.63, 3.8) is 0 Å². The average Bonchev–Trinajstić information content (AvgIpc) is 2.98. The highest BCUT2D eigenvalue weighted by molar-refractivity contribution is 4.86. The van der Waals surface area contributed by atoms with Gasteiger partial charge >= 0.3 is 0 Å². The number of hydrogen-bond acceptors (Lipinski definition) is 1. The highest BCUT2D eigenvalue weighted by Crippen LogP contribution is 2.38. The molecule has 2 atom stereocenters.